The monoisotopic (exact) mass is 372 g/mol. The molecule has 0 fully saturated rings. The average molecular weight is 372 g/mol. The van der Waals surface area contributed by atoms with Crippen molar-refractivity contribution in [3.63, 3.8) is 0 Å². The quantitative estimate of drug-likeness (QED) is 0.868. The van der Waals surface area contributed by atoms with E-state index in [1.54, 1.807) is 12.1 Å². The second-order valence-electron chi connectivity index (χ2n) is 7.62. The Bertz CT molecular complexity index is 911. The van der Waals surface area contributed by atoms with Crippen LogP contribution in [-0.2, 0) is 24.2 Å². The molecule has 0 bridgehead atoms. The number of carbonyl (C=O) groups is 1. The lowest BCUT2D eigenvalue weighted by Gasteiger charge is -2.23. The molecule has 0 spiro atoms. The highest BCUT2D eigenvalue weighted by molar-refractivity contribution is 5.69. The van der Waals surface area contributed by atoms with Gasteiger partial charge in [-0.15, -0.1) is 0 Å². The predicted octanol–water partition coefficient (Wildman–Crippen LogP) is 3.63. The van der Waals surface area contributed by atoms with Crippen molar-refractivity contribution in [3.8, 4) is 11.6 Å². The van der Waals surface area contributed by atoms with Crippen molar-refractivity contribution in [3.05, 3.63) is 41.1 Å². The summed E-state index contributed by atoms with van der Waals surface area (Å²) in [5.41, 5.74) is 2.17. The number of hydrogen-bond acceptors (Lipinski definition) is 6. The van der Waals surface area contributed by atoms with E-state index in [9.17, 15) is 9.18 Å². The van der Waals surface area contributed by atoms with Crippen LogP contribution in [0.4, 0.5) is 14.9 Å². The van der Waals surface area contributed by atoms with Crippen LogP contribution < -0.4 is 10.1 Å². The molecule has 0 atom stereocenters. The van der Waals surface area contributed by atoms with Crippen molar-refractivity contribution in [1.29, 1.82) is 0 Å². The van der Waals surface area contributed by atoms with Gasteiger partial charge in [0.15, 0.2) is 11.6 Å². The zero-order valence-corrected chi connectivity index (χ0v) is 15.5. The van der Waals surface area contributed by atoms with Gasteiger partial charge >= 0.3 is 6.09 Å². The molecule has 1 aromatic heterocycles. The van der Waals surface area contributed by atoms with Crippen molar-refractivity contribution in [2.24, 2.45) is 0 Å². The maximum Gasteiger partial charge on any atom is 0.410 e. The summed E-state index contributed by atoms with van der Waals surface area (Å²) < 4.78 is 25.9. The van der Waals surface area contributed by atoms with E-state index in [0.29, 0.717) is 36.3 Å². The number of halogens is 1. The Kier molecular flexibility index (Phi) is 4.13. The van der Waals surface area contributed by atoms with Gasteiger partial charge in [0.25, 0.3) is 0 Å². The summed E-state index contributed by atoms with van der Waals surface area (Å²) in [6.07, 6.45) is 1.55. The zero-order chi connectivity index (χ0) is 19.2. The number of rotatable bonds is 2. The fourth-order valence-electron chi connectivity index (χ4n) is 3.21. The Morgan fingerprint density at radius 1 is 1.22 bits per heavy atom. The number of carbonyl (C=O) groups excluding carboxylic acids is 1. The summed E-state index contributed by atoms with van der Waals surface area (Å²) in [7, 11) is 0. The first-order chi connectivity index (χ1) is 12.8. The first kappa shape index (κ1) is 17.5. The Morgan fingerprint density at radius 2 is 2.04 bits per heavy atom. The van der Waals surface area contributed by atoms with Gasteiger partial charge in [0, 0.05) is 17.8 Å². The lowest BCUT2D eigenvalue weighted by Crippen LogP contribution is -2.33. The molecule has 8 heteroatoms. The predicted molar refractivity (Wildman–Crippen MR) is 96.2 cm³/mol. The Balaban J connectivity index is 1.57. The highest BCUT2D eigenvalue weighted by Gasteiger charge is 2.31. The third-order valence-corrected chi connectivity index (χ3v) is 4.44. The minimum atomic E-state index is -0.585. The van der Waals surface area contributed by atoms with Gasteiger partial charge in [0.2, 0.25) is 5.88 Å². The number of aromatic nitrogens is 2. The summed E-state index contributed by atoms with van der Waals surface area (Å²) in [5.74, 6) is -0.00297. The lowest BCUT2D eigenvalue weighted by molar-refractivity contribution is 0.0240. The molecule has 27 heavy (non-hydrogen) atoms. The topological polar surface area (TPSA) is 76.6 Å². The van der Waals surface area contributed by atoms with Gasteiger partial charge in [-0.2, -0.15) is 0 Å². The van der Waals surface area contributed by atoms with E-state index in [2.05, 4.69) is 15.3 Å². The molecule has 142 valence electrons. The van der Waals surface area contributed by atoms with Gasteiger partial charge in [0.05, 0.1) is 24.3 Å². The van der Waals surface area contributed by atoms with Crippen LogP contribution in [0, 0.1) is 5.82 Å². The fraction of sp³-hybridized carbons (Fsp3) is 0.421. The second kappa shape index (κ2) is 6.37. The number of hydrogen-bond donors (Lipinski definition) is 1. The number of fused-ring (bicyclic) bond motifs is 2. The Labute approximate surface area is 156 Å². The summed E-state index contributed by atoms with van der Waals surface area (Å²) >= 11 is 0. The van der Waals surface area contributed by atoms with E-state index in [1.165, 1.54) is 11.2 Å². The van der Waals surface area contributed by atoms with E-state index in [-0.39, 0.29) is 24.0 Å². The standard InChI is InChI=1S/C19H21FN4O3/c1-19(2,3)27-18(25)24-8-12-14(9-24)22-10-23-17(12)26-15-5-4-13-11(16(15)20)6-7-21-13/h4-5,10,21H,6-9H2,1-3H3. The average Bonchev–Trinajstić information content (AvgIpc) is 3.23. The van der Waals surface area contributed by atoms with Crippen molar-refractivity contribution >= 4 is 11.8 Å². The molecule has 7 nitrogen and oxygen atoms in total. The molecule has 1 N–H and O–H groups in total. The Morgan fingerprint density at radius 3 is 2.81 bits per heavy atom. The van der Waals surface area contributed by atoms with Crippen LogP contribution in [0.25, 0.3) is 0 Å². The molecule has 1 amide bonds. The molecule has 0 unspecified atom stereocenters. The van der Waals surface area contributed by atoms with Crippen molar-refractivity contribution < 1.29 is 18.7 Å². The largest absolute Gasteiger partial charge is 0.444 e. The van der Waals surface area contributed by atoms with E-state index in [0.717, 1.165) is 5.69 Å². The maximum absolute atomic E-state index is 14.7. The van der Waals surface area contributed by atoms with Crippen LogP contribution in [-0.4, -0.2) is 33.1 Å². The number of ether oxygens (including phenoxy) is 2. The van der Waals surface area contributed by atoms with Crippen LogP contribution in [0.2, 0.25) is 0 Å². The summed E-state index contributed by atoms with van der Waals surface area (Å²) in [6.45, 7) is 6.72. The Hall–Kier alpha value is -2.90. The minimum absolute atomic E-state index is 0.120. The third-order valence-electron chi connectivity index (χ3n) is 4.44. The molecular weight excluding hydrogens is 351 g/mol. The van der Waals surface area contributed by atoms with Gasteiger partial charge in [0.1, 0.15) is 11.9 Å². The van der Waals surface area contributed by atoms with Crippen LogP contribution >= 0.6 is 0 Å². The molecule has 3 heterocycles. The number of benzene rings is 1. The van der Waals surface area contributed by atoms with Crippen molar-refractivity contribution in [1.82, 2.24) is 14.9 Å². The molecular formula is C19H21FN4O3. The molecule has 2 aliphatic heterocycles. The van der Waals surface area contributed by atoms with Crippen molar-refractivity contribution in [2.75, 3.05) is 11.9 Å². The molecule has 0 saturated carbocycles. The lowest BCUT2D eigenvalue weighted by atomic mass is 10.1. The maximum atomic E-state index is 14.7. The normalized spacial score (nSPS) is 15.2. The van der Waals surface area contributed by atoms with E-state index in [4.69, 9.17) is 9.47 Å². The number of nitrogens with zero attached hydrogens (tertiary/aromatic N) is 3. The third kappa shape index (κ3) is 3.39. The van der Waals surface area contributed by atoms with Gasteiger partial charge < -0.3 is 14.8 Å². The van der Waals surface area contributed by atoms with E-state index < -0.39 is 11.7 Å². The van der Waals surface area contributed by atoms with Gasteiger partial charge in [-0.05, 0) is 39.3 Å². The summed E-state index contributed by atoms with van der Waals surface area (Å²) in [5, 5.41) is 3.13. The minimum Gasteiger partial charge on any atom is -0.444 e. The summed E-state index contributed by atoms with van der Waals surface area (Å²) in [6, 6.07) is 3.39. The number of anilines is 1. The molecule has 0 radical (unpaired) electrons. The first-order valence-corrected chi connectivity index (χ1v) is 8.85. The molecule has 0 aliphatic carbocycles. The van der Waals surface area contributed by atoms with Crippen LogP contribution in [0.15, 0.2) is 18.5 Å². The SMILES string of the molecule is CC(C)(C)OC(=O)N1Cc2ncnc(Oc3ccc4c(c3F)CCN4)c2C1. The highest BCUT2D eigenvalue weighted by Crippen LogP contribution is 2.36. The van der Waals surface area contributed by atoms with E-state index >= 15 is 0 Å². The van der Waals surface area contributed by atoms with Gasteiger partial charge in [-0.3, -0.25) is 4.90 Å². The number of nitrogens with one attached hydrogen (secondary N) is 1. The summed E-state index contributed by atoms with van der Waals surface area (Å²) in [4.78, 5) is 22.2. The zero-order valence-electron chi connectivity index (χ0n) is 15.5. The van der Waals surface area contributed by atoms with Crippen molar-refractivity contribution in [2.45, 2.75) is 45.9 Å². The molecule has 0 saturated heterocycles. The highest BCUT2D eigenvalue weighted by atomic mass is 19.1. The fourth-order valence-corrected chi connectivity index (χ4v) is 3.21. The first-order valence-electron chi connectivity index (χ1n) is 8.85. The van der Waals surface area contributed by atoms with Crippen LogP contribution in [0.3, 0.4) is 0 Å². The van der Waals surface area contributed by atoms with Crippen LogP contribution in [0.1, 0.15) is 37.6 Å². The molecule has 1 aromatic carbocycles. The smallest absolute Gasteiger partial charge is 0.410 e. The molecule has 2 aliphatic rings. The van der Waals surface area contributed by atoms with Crippen LogP contribution in [0.5, 0.6) is 11.6 Å². The van der Waals surface area contributed by atoms with Gasteiger partial charge in [-0.25, -0.2) is 19.2 Å². The second-order valence-corrected chi connectivity index (χ2v) is 7.62. The van der Waals surface area contributed by atoms with Gasteiger partial charge in [-0.1, -0.05) is 0 Å². The van der Waals surface area contributed by atoms with E-state index in [1.807, 2.05) is 20.8 Å². The number of amides is 1. The molecule has 2 aromatic rings. The molecule has 4 rings (SSSR count).